The maximum atomic E-state index is 13.3. The number of nitrogens with zero attached hydrogens (tertiary/aromatic N) is 3. The maximum absolute atomic E-state index is 13.3. The molecule has 0 bridgehead atoms. The Labute approximate surface area is 133 Å². The summed E-state index contributed by atoms with van der Waals surface area (Å²) in [6, 6.07) is 11.3. The van der Waals surface area contributed by atoms with Gasteiger partial charge in [-0.05, 0) is 12.1 Å². The van der Waals surface area contributed by atoms with Gasteiger partial charge < -0.3 is 0 Å². The molecule has 2 rings (SSSR count). The molecule has 9 heteroatoms. The number of hydrogen-bond acceptors (Lipinski definition) is 4. The fourth-order valence-corrected chi connectivity index (χ4v) is 1.87. The van der Waals surface area contributed by atoms with Crippen LogP contribution >= 0.6 is 11.6 Å². The Bertz CT molecular complexity index is 720. The lowest BCUT2D eigenvalue weighted by molar-refractivity contribution is -0.384. The van der Waals surface area contributed by atoms with E-state index >= 15 is 0 Å². The number of azo groups is 1. The van der Waals surface area contributed by atoms with E-state index in [1.165, 1.54) is 36.4 Å². The zero-order valence-corrected chi connectivity index (χ0v) is 12.1. The van der Waals surface area contributed by atoms with E-state index in [1.54, 1.807) is 6.07 Å². The summed E-state index contributed by atoms with van der Waals surface area (Å²) in [5.41, 5.74) is -0.472. The lowest BCUT2D eigenvalue weighted by Crippen LogP contribution is -2.34. The first-order valence-corrected chi connectivity index (χ1v) is 6.60. The van der Waals surface area contributed by atoms with Gasteiger partial charge in [-0.3, -0.25) is 10.1 Å². The second kappa shape index (κ2) is 6.33. The van der Waals surface area contributed by atoms with Gasteiger partial charge in [-0.15, -0.1) is 0 Å². The van der Waals surface area contributed by atoms with Crippen LogP contribution in [0.4, 0.5) is 24.5 Å². The highest BCUT2D eigenvalue weighted by Crippen LogP contribution is 2.46. The van der Waals surface area contributed by atoms with Gasteiger partial charge in [-0.1, -0.05) is 41.9 Å². The van der Waals surface area contributed by atoms with Gasteiger partial charge in [-0.25, -0.2) is 0 Å². The summed E-state index contributed by atoms with van der Waals surface area (Å²) in [6.07, 6.45) is -4.87. The van der Waals surface area contributed by atoms with Gasteiger partial charge in [0.15, 0.2) is 0 Å². The molecule has 0 spiro atoms. The van der Waals surface area contributed by atoms with Crippen LogP contribution in [-0.2, 0) is 5.00 Å². The molecule has 0 aliphatic rings. The standard InChI is InChI=1S/C14H9ClF3N3O2/c15-13(14(16,17)18,10-4-2-1-3-5-10)20-19-11-6-8-12(9-7-11)21(22)23/h1-9H. The molecule has 2 aromatic carbocycles. The highest BCUT2D eigenvalue weighted by molar-refractivity contribution is 6.24. The van der Waals surface area contributed by atoms with Crippen LogP contribution in [0.5, 0.6) is 0 Å². The molecule has 0 N–H and O–H groups in total. The fourth-order valence-electron chi connectivity index (χ4n) is 1.70. The van der Waals surface area contributed by atoms with Crippen LogP contribution in [0.1, 0.15) is 5.56 Å². The number of nitro groups is 1. The second-order valence-electron chi connectivity index (χ2n) is 4.46. The zero-order valence-electron chi connectivity index (χ0n) is 11.4. The third-order valence-corrected chi connectivity index (χ3v) is 3.40. The number of non-ortho nitro benzene ring substituents is 1. The predicted molar refractivity (Wildman–Crippen MR) is 77.6 cm³/mol. The predicted octanol–water partition coefficient (Wildman–Crippen LogP) is 5.33. The van der Waals surface area contributed by atoms with E-state index in [4.69, 9.17) is 11.6 Å². The molecule has 0 aliphatic carbocycles. The molecule has 5 nitrogen and oxygen atoms in total. The third kappa shape index (κ3) is 3.65. The Morgan fingerprint density at radius 2 is 1.57 bits per heavy atom. The van der Waals surface area contributed by atoms with Crippen LogP contribution in [0.3, 0.4) is 0 Å². The molecule has 0 aliphatic heterocycles. The quantitative estimate of drug-likeness (QED) is 0.247. The van der Waals surface area contributed by atoms with Crippen molar-refractivity contribution in [2.45, 2.75) is 11.2 Å². The Morgan fingerprint density at radius 1 is 1.00 bits per heavy atom. The fraction of sp³-hybridized carbons (Fsp3) is 0.143. The largest absolute Gasteiger partial charge is 0.433 e. The average molecular weight is 344 g/mol. The van der Waals surface area contributed by atoms with Gasteiger partial charge in [0, 0.05) is 17.7 Å². The third-order valence-electron chi connectivity index (χ3n) is 2.90. The Kier molecular flexibility index (Phi) is 4.65. The lowest BCUT2D eigenvalue weighted by Gasteiger charge is -2.24. The number of rotatable bonds is 4. The van der Waals surface area contributed by atoms with Crippen LogP contribution in [-0.4, -0.2) is 11.1 Å². The summed E-state index contributed by atoms with van der Waals surface area (Å²) in [7, 11) is 0. The van der Waals surface area contributed by atoms with Crippen molar-refractivity contribution in [3.63, 3.8) is 0 Å². The van der Waals surface area contributed by atoms with E-state index in [2.05, 4.69) is 10.2 Å². The van der Waals surface area contributed by atoms with Crippen molar-refractivity contribution in [3.05, 3.63) is 70.3 Å². The minimum atomic E-state index is -4.87. The van der Waals surface area contributed by atoms with Crippen LogP contribution < -0.4 is 0 Å². The topological polar surface area (TPSA) is 67.9 Å². The van der Waals surface area contributed by atoms with Crippen LogP contribution in [0.25, 0.3) is 0 Å². The lowest BCUT2D eigenvalue weighted by atomic mass is 10.1. The summed E-state index contributed by atoms with van der Waals surface area (Å²) in [4.78, 5) is 6.86. The zero-order chi connectivity index (χ0) is 17.1. The number of halogens is 4. The first kappa shape index (κ1) is 16.9. The smallest absolute Gasteiger partial charge is 0.258 e. The van der Waals surface area contributed by atoms with E-state index in [0.717, 1.165) is 12.1 Å². The van der Waals surface area contributed by atoms with E-state index < -0.39 is 16.1 Å². The number of benzene rings is 2. The van der Waals surface area contributed by atoms with Gasteiger partial charge in [0.2, 0.25) is 0 Å². The summed E-state index contributed by atoms with van der Waals surface area (Å²) < 4.78 is 39.9. The summed E-state index contributed by atoms with van der Waals surface area (Å²) >= 11 is 5.68. The average Bonchev–Trinajstić information content (AvgIpc) is 2.52. The van der Waals surface area contributed by atoms with Gasteiger partial charge in [0.25, 0.3) is 10.7 Å². The maximum Gasteiger partial charge on any atom is 0.433 e. The van der Waals surface area contributed by atoms with Crippen LogP contribution in [0, 0.1) is 10.1 Å². The van der Waals surface area contributed by atoms with Crippen LogP contribution in [0.2, 0.25) is 0 Å². The molecule has 0 saturated carbocycles. The SMILES string of the molecule is O=[N+]([O-])c1ccc(N=NC(Cl)(c2ccccc2)C(F)(F)F)cc1. The van der Waals surface area contributed by atoms with Crippen LogP contribution in [0.15, 0.2) is 64.8 Å². The van der Waals surface area contributed by atoms with Gasteiger partial charge >= 0.3 is 6.18 Å². The van der Waals surface area contributed by atoms with Crippen molar-refractivity contribution in [1.29, 1.82) is 0 Å². The van der Waals surface area contributed by atoms with Gasteiger partial charge in [-0.2, -0.15) is 23.4 Å². The van der Waals surface area contributed by atoms with Crippen molar-refractivity contribution in [2.75, 3.05) is 0 Å². The van der Waals surface area contributed by atoms with Gasteiger partial charge in [0.1, 0.15) is 0 Å². The van der Waals surface area contributed by atoms with Crippen molar-refractivity contribution in [3.8, 4) is 0 Å². The molecule has 1 atom stereocenters. The first-order valence-electron chi connectivity index (χ1n) is 6.22. The van der Waals surface area contributed by atoms with Gasteiger partial charge in [0.05, 0.1) is 10.6 Å². The summed E-state index contributed by atoms with van der Waals surface area (Å²) in [6.45, 7) is 0. The molecule has 0 saturated heterocycles. The van der Waals surface area contributed by atoms with Crippen molar-refractivity contribution in [2.24, 2.45) is 10.2 Å². The molecule has 120 valence electrons. The Hall–Kier alpha value is -2.48. The minimum Gasteiger partial charge on any atom is -0.258 e. The number of hydrogen-bond donors (Lipinski definition) is 0. The molecular weight excluding hydrogens is 335 g/mol. The molecule has 0 fully saturated rings. The Morgan fingerprint density at radius 3 is 2.04 bits per heavy atom. The molecule has 0 radical (unpaired) electrons. The molecular formula is C14H9ClF3N3O2. The second-order valence-corrected chi connectivity index (χ2v) is 5.01. The monoisotopic (exact) mass is 343 g/mol. The van der Waals surface area contributed by atoms with Crippen molar-refractivity contribution in [1.82, 2.24) is 0 Å². The normalized spacial score (nSPS) is 14.6. The van der Waals surface area contributed by atoms with E-state index in [1.807, 2.05) is 0 Å². The number of alkyl halides is 4. The molecule has 23 heavy (non-hydrogen) atoms. The highest BCUT2D eigenvalue weighted by atomic mass is 35.5. The van der Waals surface area contributed by atoms with E-state index in [-0.39, 0.29) is 16.9 Å². The number of nitro benzene ring substituents is 1. The molecule has 0 amide bonds. The molecule has 2 aromatic rings. The van der Waals surface area contributed by atoms with Crippen molar-refractivity contribution >= 4 is 23.0 Å². The Balaban J connectivity index is 2.37. The molecule has 0 heterocycles. The highest BCUT2D eigenvalue weighted by Gasteiger charge is 2.56. The molecule has 1 unspecified atom stereocenters. The molecule has 0 aromatic heterocycles. The summed E-state index contributed by atoms with van der Waals surface area (Å²) in [5.74, 6) is 0. The first-order chi connectivity index (χ1) is 10.7. The minimum absolute atomic E-state index is 0.0146. The summed E-state index contributed by atoms with van der Waals surface area (Å²) in [5, 5.41) is 17.2. The van der Waals surface area contributed by atoms with E-state index in [0.29, 0.717) is 0 Å². The van der Waals surface area contributed by atoms with E-state index in [9.17, 15) is 23.3 Å². The van der Waals surface area contributed by atoms with Crippen molar-refractivity contribution < 1.29 is 18.1 Å².